The molecular weight excluding hydrogens is 340 g/mol. The summed E-state index contributed by atoms with van der Waals surface area (Å²) in [7, 11) is -3.17. The Bertz CT molecular complexity index is 466. The lowest BCUT2D eigenvalue weighted by Gasteiger charge is -2.33. The molecule has 0 radical (unpaired) electrons. The van der Waals surface area contributed by atoms with Gasteiger partial charge in [-0.3, -0.25) is 4.79 Å². The first-order valence-electron chi connectivity index (χ1n) is 8.37. The van der Waals surface area contributed by atoms with Gasteiger partial charge < -0.3 is 10.4 Å². The standard InChI is InChI=1S/C15H28N2O4S.ClH/c18-15(19)10-16-9-14-7-4-8-17(11-14)22(20,21)12-13-5-2-1-3-6-13;/h13-14,16H,1-12H2,(H,18,19);1H. The van der Waals surface area contributed by atoms with E-state index >= 15 is 0 Å². The Morgan fingerprint density at radius 1 is 1.09 bits per heavy atom. The molecule has 136 valence electrons. The minimum atomic E-state index is -3.17. The van der Waals surface area contributed by atoms with E-state index in [1.54, 1.807) is 4.31 Å². The largest absolute Gasteiger partial charge is 0.480 e. The minimum absolute atomic E-state index is 0. The molecule has 1 aliphatic carbocycles. The summed E-state index contributed by atoms with van der Waals surface area (Å²) in [6, 6.07) is 0. The van der Waals surface area contributed by atoms with Crippen LogP contribution in [0.2, 0.25) is 0 Å². The summed E-state index contributed by atoms with van der Waals surface area (Å²) in [6.07, 6.45) is 7.44. The SMILES string of the molecule is Cl.O=C(O)CNCC1CCCN(S(=O)(=O)CC2CCCCC2)C1. The van der Waals surface area contributed by atoms with E-state index in [0.717, 1.165) is 38.5 Å². The number of nitrogens with zero attached hydrogens (tertiary/aromatic N) is 1. The van der Waals surface area contributed by atoms with Crippen molar-refractivity contribution in [1.82, 2.24) is 9.62 Å². The van der Waals surface area contributed by atoms with Crippen LogP contribution in [0.15, 0.2) is 0 Å². The predicted molar refractivity (Wildman–Crippen MR) is 92.4 cm³/mol. The summed E-state index contributed by atoms with van der Waals surface area (Å²) in [4.78, 5) is 10.5. The Balaban J connectivity index is 0.00000264. The second-order valence-electron chi connectivity index (χ2n) is 6.67. The van der Waals surface area contributed by atoms with Gasteiger partial charge in [-0.2, -0.15) is 0 Å². The van der Waals surface area contributed by atoms with Gasteiger partial charge in [0.1, 0.15) is 0 Å². The maximum Gasteiger partial charge on any atom is 0.317 e. The number of aliphatic carboxylic acids is 1. The predicted octanol–water partition coefficient (Wildman–Crippen LogP) is 1.70. The van der Waals surface area contributed by atoms with Crippen LogP contribution in [-0.4, -0.2) is 55.7 Å². The van der Waals surface area contributed by atoms with Gasteiger partial charge in [-0.1, -0.05) is 19.3 Å². The van der Waals surface area contributed by atoms with Crippen LogP contribution >= 0.6 is 12.4 Å². The highest BCUT2D eigenvalue weighted by Crippen LogP contribution is 2.27. The zero-order valence-electron chi connectivity index (χ0n) is 13.6. The molecule has 1 heterocycles. The second kappa shape index (κ2) is 9.81. The summed E-state index contributed by atoms with van der Waals surface area (Å²) in [5, 5.41) is 11.5. The van der Waals surface area contributed by atoms with Crippen molar-refractivity contribution >= 4 is 28.4 Å². The summed E-state index contributed by atoms with van der Waals surface area (Å²) in [5.41, 5.74) is 0. The zero-order valence-corrected chi connectivity index (χ0v) is 15.2. The van der Waals surface area contributed by atoms with Crippen molar-refractivity contribution in [2.75, 3.05) is 31.9 Å². The quantitative estimate of drug-likeness (QED) is 0.714. The molecule has 0 bridgehead atoms. The molecule has 0 amide bonds. The number of rotatable bonds is 7. The number of hydrogen-bond acceptors (Lipinski definition) is 4. The van der Waals surface area contributed by atoms with Gasteiger partial charge in [0.15, 0.2) is 0 Å². The first-order chi connectivity index (χ1) is 10.5. The highest BCUT2D eigenvalue weighted by atomic mass is 35.5. The van der Waals surface area contributed by atoms with Crippen molar-refractivity contribution in [1.29, 1.82) is 0 Å². The van der Waals surface area contributed by atoms with E-state index < -0.39 is 16.0 Å². The van der Waals surface area contributed by atoms with E-state index in [4.69, 9.17) is 5.11 Å². The molecule has 2 N–H and O–H groups in total. The number of piperidine rings is 1. The average molecular weight is 369 g/mol. The highest BCUT2D eigenvalue weighted by molar-refractivity contribution is 7.89. The normalized spacial score (nSPS) is 24.1. The molecule has 1 saturated heterocycles. The number of sulfonamides is 1. The van der Waals surface area contributed by atoms with E-state index in [9.17, 15) is 13.2 Å². The molecule has 1 unspecified atom stereocenters. The smallest absolute Gasteiger partial charge is 0.317 e. The third kappa shape index (κ3) is 6.95. The number of hydrogen-bond donors (Lipinski definition) is 2. The molecule has 0 aromatic rings. The van der Waals surface area contributed by atoms with Gasteiger partial charge in [0.25, 0.3) is 0 Å². The van der Waals surface area contributed by atoms with Gasteiger partial charge in [0.05, 0.1) is 12.3 Å². The van der Waals surface area contributed by atoms with Gasteiger partial charge in [-0.15, -0.1) is 12.4 Å². The monoisotopic (exact) mass is 368 g/mol. The lowest BCUT2D eigenvalue weighted by atomic mass is 9.91. The second-order valence-corrected chi connectivity index (χ2v) is 8.69. The Kier molecular flexibility index (Phi) is 8.82. The third-order valence-electron chi connectivity index (χ3n) is 4.76. The maximum absolute atomic E-state index is 12.6. The van der Waals surface area contributed by atoms with Crippen molar-refractivity contribution in [3.8, 4) is 0 Å². The number of carbonyl (C=O) groups is 1. The average Bonchev–Trinajstić information content (AvgIpc) is 2.48. The zero-order chi connectivity index (χ0) is 16.0. The molecule has 6 nitrogen and oxygen atoms in total. The van der Waals surface area contributed by atoms with Gasteiger partial charge in [0.2, 0.25) is 10.0 Å². The molecule has 23 heavy (non-hydrogen) atoms. The molecular formula is C15H29ClN2O4S. The van der Waals surface area contributed by atoms with Crippen molar-refractivity contribution < 1.29 is 18.3 Å². The van der Waals surface area contributed by atoms with Crippen molar-refractivity contribution in [3.63, 3.8) is 0 Å². The van der Waals surface area contributed by atoms with Gasteiger partial charge in [0, 0.05) is 13.1 Å². The van der Waals surface area contributed by atoms with E-state index in [0.29, 0.717) is 31.3 Å². The summed E-state index contributed by atoms with van der Waals surface area (Å²) in [5.74, 6) is -0.0430. The van der Waals surface area contributed by atoms with Crippen LogP contribution in [0.25, 0.3) is 0 Å². The lowest BCUT2D eigenvalue weighted by molar-refractivity contribution is -0.136. The van der Waals surface area contributed by atoms with Crippen LogP contribution in [-0.2, 0) is 14.8 Å². The third-order valence-corrected chi connectivity index (χ3v) is 6.77. The van der Waals surface area contributed by atoms with Crippen LogP contribution in [0, 0.1) is 11.8 Å². The molecule has 1 aliphatic heterocycles. The molecule has 0 spiro atoms. The van der Waals surface area contributed by atoms with Crippen molar-refractivity contribution in [3.05, 3.63) is 0 Å². The highest BCUT2D eigenvalue weighted by Gasteiger charge is 2.31. The van der Waals surface area contributed by atoms with E-state index in [1.165, 1.54) is 6.42 Å². The number of carboxylic acids is 1. The van der Waals surface area contributed by atoms with Crippen molar-refractivity contribution in [2.45, 2.75) is 44.9 Å². The molecule has 2 aliphatic rings. The Hall–Kier alpha value is -0.370. The first-order valence-corrected chi connectivity index (χ1v) is 9.98. The molecule has 1 atom stereocenters. The topological polar surface area (TPSA) is 86.7 Å². The fourth-order valence-corrected chi connectivity index (χ4v) is 5.57. The molecule has 8 heteroatoms. The number of halogens is 1. The van der Waals surface area contributed by atoms with Crippen LogP contribution in [0.3, 0.4) is 0 Å². The molecule has 1 saturated carbocycles. The number of carboxylic acid groups (broad SMARTS) is 1. The fraction of sp³-hybridized carbons (Fsp3) is 0.933. The summed E-state index contributed by atoms with van der Waals surface area (Å²) < 4.78 is 26.8. The summed E-state index contributed by atoms with van der Waals surface area (Å²) in [6.45, 7) is 1.65. The molecule has 0 aromatic carbocycles. The van der Waals surface area contributed by atoms with Crippen LogP contribution in [0.5, 0.6) is 0 Å². The number of nitrogens with one attached hydrogen (secondary N) is 1. The van der Waals surface area contributed by atoms with Gasteiger partial charge in [-0.25, -0.2) is 12.7 Å². The Morgan fingerprint density at radius 2 is 1.74 bits per heavy atom. The maximum atomic E-state index is 12.6. The van der Waals surface area contributed by atoms with E-state index in [-0.39, 0.29) is 24.9 Å². The first kappa shape index (κ1) is 20.7. The van der Waals surface area contributed by atoms with Gasteiger partial charge >= 0.3 is 5.97 Å². The van der Waals surface area contributed by atoms with E-state index in [2.05, 4.69) is 5.32 Å². The lowest BCUT2D eigenvalue weighted by Crippen LogP contribution is -2.45. The molecule has 2 rings (SSSR count). The Labute approximate surface area is 145 Å². The van der Waals surface area contributed by atoms with Gasteiger partial charge in [-0.05, 0) is 44.1 Å². The minimum Gasteiger partial charge on any atom is -0.480 e. The summed E-state index contributed by atoms with van der Waals surface area (Å²) >= 11 is 0. The fourth-order valence-electron chi connectivity index (χ4n) is 3.59. The molecule has 0 aromatic heterocycles. The van der Waals surface area contributed by atoms with Crippen LogP contribution < -0.4 is 5.32 Å². The Morgan fingerprint density at radius 3 is 2.39 bits per heavy atom. The van der Waals surface area contributed by atoms with Crippen LogP contribution in [0.4, 0.5) is 0 Å². The molecule has 2 fully saturated rings. The van der Waals surface area contributed by atoms with Crippen LogP contribution in [0.1, 0.15) is 44.9 Å². The van der Waals surface area contributed by atoms with E-state index in [1.807, 2.05) is 0 Å². The van der Waals surface area contributed by atoms with Crippen molar-refractivity contribution in [2.24, 2.45) is 11.8 Å².